The van der Waals surface area contributed by atoms with E-state index in [0.717, 1.165) is 33.2 Å². The van der Waals surface area contributed by atoms with Crippen molar-refractivity contribution in [3.8, 4) is 11.1 Å². The molecular weight excluding hydrogens is 326 g/mol. The highest BCUT2D eigenvalue weighted by molar-refractivity contribution is 6.07. The second-order valence-corrected chi connectivity index (χ2v) is 6.16. The Morgan fingerprint density at radius 1 is 1.08 bits per heavy atom. The van der Waals surface area contributed by atoms with Gasteiger partial charge in [-0.1, -0.05) is 36.4 Å². The molecule has 4 rings (SSSR count). The van der Waals surface area contributed by atoms with Crippen molar-refractivity contribution in [2.24, 2.45) is 5.73 Å². The zero-order chi connectivity index (χ0) is 17.9. The number of carbonyl (C=O) groups is 1. The molecule has 130 valence electrons. The second-order valence-electron chi connectivity index (χ2n) is 6.16. The summed E-state index contributed by atoms with van der Waals surface area (Å²) < 4.78 is 0. The number of aromatic nitrogens is 3. The number of benzene rings is 2. The van der Waals surface area contributed by atoms with E-state index in [1.165, 1.54) is 0 Å². The van der Waals surface area contributed by atoms with E-state index in [2.05, 4.69) is 20.5 Å². The van der Waals surface area contributed by atoms with E-state index in [-0.39, 0.29) is 5.91 Å². The smallest absolute Gasteiger partial charge is 0.253 e. The standard InChI is InChI=1S/C20H19N5O/c21-8-13-2-1-3-14(6-13)9-23-20(26)18-12-22-19-7-15(4-5-17(18)19)16-10-24-25-11-16/h1-7,10-12,22H,8-9,21H2,(H,23,26)(H,24,25). The predicted molar refractivity (Wildman–Crippen MR) is 101 cm³/mol. The maximum atomic E-state index is 12.6. The van der Waals surface area contributed by atoms with E-state index in [1.807, 2.05) is 48.7 Å². The highest BCUT2D eigenvalue weighted by Gasteiger charge is 2.12. The number of H-pyrrole nitrogens is 2. The fourth-order valence-corrected chi connectivity index (χ4v) is 3.05. The largest absolute Gasteiger partial charge is 0.360 e. The Morgan fingerprint density at radius 3 is 2.77 bits per heavy atom. The lowest BCUT2D eigenvalue weighted by Crippen LogP contribution is -2.22. The van der Waals surface area contributed by atoms with Crippen LogP contribution in [0.15, 0.2) is 61.1 Å². The highest BCUT2D eigenvalue weighted by Crippen LogP contribution is 2.25. The van der Waals surface area contributed by atoms with E-state index >= 15 is 0 Å². The van der Waals surface area contributed by atoms with Crippen molar-refractivity contribution in [1.29, 1.82) is 0 Å². The zero-order valence-electron chi connectivity index (χ0n) is 14.1. The topological polar surface area (TPSA) is 99.6 Å². The lowest BCUT2D eigenvalue weighted by molar-refractivity contribution is 0.0952. The van der Waals surface area contributed by atoms with Crippen molar-refractivity contribution in [2.45, 2.75) is 13.1 Å². The number of nitrogens with zero attached hydrogens (tertiary/aromatic N) is 1. The fraction of sp³-hybridized carbons (Fsp3) is 0.100. The molecule has 0 fully saturated rings. The van der Waals surface area contributed by atoms with Gasteiger partial charge in [-0.3, -0.25) is 9.89 Å². The third kappa shape index (κ3) is 3.10. The van der Waals surface area contributed by atoms with Crippen molar-refractivity contribution in [1.82, 2.24) is 20.5 Å². The number of rotatable bonds is 5. The summed E-state index contributed by atoms with van der Waals surface area (Å²) in [6.07, 6.45) is 5.36. The van der Waals surface area contributed by atoms with Crippen molar-refractivity contribution < 1.29 is 4.79 Å². The molecule has 0 saturated heterocycles. The van der Waals surface area contributed by atoms with Gasteiger partial charge in [-0.25, -0.2) is 0 Å². The lowest BCUT2D eigenvalue weighted by atomic mass is 10.1. The average Bonchev–Trinajstić information content (AvgIpc) is 3.35. The lowest BCUT2D eigenvalue weighted by Gasteiger charge is -2.06. The van der Waals surface area contributed by atoms with Crippen LogP contribution in [-0.2, 0) is 13.1 Å². The second kappa shape index (κ2) is 6.85. The molecule has 5 N–H and O–H groups in total. The van der Waals surface area contributed by atoms with Crippen LogP contribution in [0.25, 0.3) is 22.0 Å². The van der Waals surface area contributed by atoms with Crippen LogP contribution >= 0.6 is 0 Å². The van der Waals surface area contributed by atoms with Gasteiger partial charge in [-0.15, -0.1) is 0 Å². The van der Waals surface area contributed by atoms with Gasteiger partial charge in [0.25, 0.3) is 5.91 Å². The summed E-state index contributed by atoms with van der Waals surface area (Å²) in [5.41, 5.74) is 11.3. The minimum atomic E-state index is -0.106. The molecule has 4 aromatic rings. The van der Waals surface area contributed by atoms with Crippen LogP contribution in [0.1, 0.15) is 21.5 Å². The third-order valence-corrected chi connectivity index (χ3v) is 4.44. The van der Waals surface area contributed by atoms with E-state index < -0.39 is 0 Å². The predicted octanol–water partition coefficient (Wildman–Crippen LogP) is 2.95. The molecule has 0 radical (unpaired) electrons. The summed E-state index contributed by atoms with van der Waals surface area (Å²) in [5.74, 6) is -0.106. The monoisotopic (exact) mass is 345 g/mol. The number of aromatic amines is 2. The van der Waals surface area contributed by atoms with Gasteiger partial charge >= 0.3 is 0 Å². The Morgan fingerprint density at radius 2 is 1.96 bits per heavy atom. The summed E-state index contributed by atoms with van der Waals surface area (Å²) in [7, 11) is 0. The molecular formula is C20H19N5O. The first-order chi connectivity index (χ1) is 12.7. The number of nitrogens with two attached hydrogens (primary N) is 1. The summed E-state index contributed by atoms with van der Waals surface area (Å²) in [6.45, 7) is 0.954. The zero-order valence-corrected chi connectivity index (χ0v) is 14.1. The average molecular weight is 345 g/mol. The Hall–Kier alpha value is -3.38. The van der Waals surface area contributed by atoms with Crippen LogP contribution in [0.5, 0.6) is 0 Å². The molecule has 6 nitrogen and oxygen atoms in total. The van der Waals surface area contributed by atoms with Gasteiger partial charge in [0.1, 0.15) is 0 Å². The van der Waals surface area contributed by atoms with Crippen LogP contribution in [0.3, 0.4) is 0 Å². The molecule has 0 bridgehead atoms. The van der Waals surface area contributed by atoms with Crippen molar-refractivity contribution in [3.05, 3.63) is 77.7 Å². The Bertz CT molecular complexity index is 1050. The van der Waals surface area contributed by atoms with Crippen LogP contribution in [-0.4, -0.2) is 21.1 Å². The van der Waals surface area contributed by atoms with Crippen molar-refractivity contribution >= 4 is 16.8 Å². The number of hydrogen-bond acceptors (Lipinski definition) is 3. The highest BCUT2D eigenvalue weighted by atomic mass is 16.1. The summed E-state index contributed by atoms with van der Waals surface area (Å²) in [6, 6.07) is 13.9. The molecule has 0 atom stereocenters. The molecule has 2 aromatic heterocycles. The van der Waals surface area contributed by atoms with Gasteiger partial charge in [-0.2, -0.15) is 5.10 Å². The fourth-order valence-electron chi connectivity index (χ4n) is 3.05. The van der Waals surface area contributed by atoms with Crippen LogP contribution in [0.4, 0.5) is 0 Å². The van der Waals surface area contributed by atoms with Gasteiger partial charge in [-0.05, 0) is 22.8 Å². The van der Waals surface area contributed by atoms with Crippen molar-refractivity contribution in [3.63, 3.8) is 0 Å². The SMILES string of the molecule is NCc1cccc(CNC(=O)c2c[nH]c3cc(-c4cn[nH]c4)ccc23)c1. The number of amides is 1. The minimum absolute atomic E-state index is 0.106. The number of hydrogen-bond donors (Lipinski definition) is 4. The molecule has 0 aliphatic carbocycles. The molecule has 0 aliphatic rings. The molecule has 0 saturated carbocycles. The molecule has 26 heavy (non-hydrogen) atoms. The van der Waals surface area contributed by atoms with Gasteiger partial charge in [0.05, 0.1) is 11.8 Å². The molecule has 0 unspecified atom stereocenters. The molecule has 2 heterocycles. The van der Waals surface area contributed by atoms with E-state index in [0.29, 0.717) is 18.7 Å². The van der Waals surface area contributed by atoms with Crippen LogP contribution < -0.4 is 11.1 Å². The number of fused-ring (bicyclic) bond motifs is 1. The molecule has 2 aromatic carbocycles. The molecule has 0 spiro atoms. The Balaban J connectivity index is 1.53. The van der Waals surface area contributed by atoms with E-state index in [9.17, 15) is 4.79 Å². The van der Waals surface area contributed by atoms with Crippen LogP contribution in [0.2, 0.25) is 0 Å². The minimum Gasteiger partial charge on any atom is -0.360 e. The van der Waals surface area contributed by atoms with Gasteiger partial charge in [0.15, 0.2) is 0 Å². The normalized spacial score (nSPS) is 11.0. The number of nitrogens with one attached hydrogen (secondary N) is 3. The first-order valence-electron chi connectivity index (χ1n) is 8.41. The quantitative estimate of drug-likeness (QED) is 0.447. The van der Waals surface area contributed by atoms with Gasteiger partial charge in [0, 0.05) is 41.9 Å². The molecule has 1 amide bonds. The summed E-state index contributed by atoms with van der Waals surface area (Å²) in [4.78, 5) is 15.8. The summed E-state index contributed by atoms with van der Waals surface area (Å²) in [5, 5.41) is 10.6. The maximum absolute atomic E-state index is 12.6. The third-order valence-electron chi connectivity index (χ3n) is 4.44. The number of carbonyl (C=O) groups excluding carboxylic acids is 1. The van der Waals surface area contributed by atoms with Crippen molar-refractivity contribution in [2.75, 3.05) is 0 Å². The van der Waals surface area contributed by atoms with Crippen LogP contribution in [0, 0.1) is 0 Å². The summed E-state index contributed by atoms with van der Waals surface area (Å²) >= 11 is 0. The van der Waals surface area contributed by atoms with E-state index in [4.69, 9.17) is 5.73 Å². The first-order valence-corrected chi connectivity index (χ1v) is 8.41. The van der Waals surface area contributed by atoms with E-state index in [1.54, 1.807) is 12.4 Å². The molecule has 0 aliphatic heterocycles. The first kappa shape index (κ1) is 16.1. The van der Waals surface area contributed by atoms with Gasteiger partial charge < -0.3 is 16.0 Å². The molecule has 6 heteroatoms. The van der Waals surface area contributed by atoms with Gasteiger partial charge in [0.2, 0.25) is 0 Å². The Labute approximate surface area is 150 Å². The maximum Gasteiger partial charge on any atom is 0.253 e. The Kier molecular flexibility index (Phi) is 4.25.